The zero-order valence-corrected chi connectivity index (χ0v) is 11.3. The zero-order valence-electron chi connectivity index (χ0n) is 11.3. The molecular formula is C15H20N2O3. The van der Waals surface area contributed by atoms with Gasteiger partial charge in [-0.1, -0.05) is 18.2 Å². The van der Waals surface area contributed by atoms with Crippen molar-refractivity contribution in [3.05, 3.63) is 49.4 Å². The first-order valence-corrected chi connectivity index (χ1v) is 6.58. The van der Waals surface area contributed by atoms with Crippen LogP contribution in [-0.2, 0) is 9.53 Å². The molecule has 0 bridgehead atoms. The molecule has 1 fully saturated rings. The van der Waals surface area contributed by atoms with E-state index in [1.54, 1.807) is 18.4 Å². The van der Waals surface area contributed by atoms with E-state index >= 15 is 0 Å². The van der Waals surface area contributed by atoms with Crippen LogP contribution in [0.1, 0.15) is 6.42 Å². The molecule has 0 spiro atoms. The number of aliphatic hydroxyl groups is 1. The molecule has 5 heteroatoms. The van der Waals surface area contributed by atoms with Gasteiger partial charge in [-0.25, -0.2) is 0 Å². The average Bonchev–Trinajstić information content (AvgIpc) is 2.84. The summed E-state index contributed by atoms with van der Waals surface area (Å²) in [5, 5.41) is 9.40. The average molecular weight is 276 g/mol. The SMILES string of the molecule is C=C[C@@H]1[C@H](C=C)[C@@H](CO)O[C@H]1N1C=CCC(C(N)=O)=C1. The van der Waals surface area contributed by atoms with Gasteiger partial charge in [0.15, 0.2) is 0 Å². The molecule has 0 radical (unpaired) electrons. The van der Waals surface area contributed by atoms with Crippen LogP contribution in [0.2, 0.25) is 0 Å². The lowest BCUT2D eigenvalue weighted by atomic mass is 9.89. The molecule has 4 atom stereocenters. The van der Waals surface area contributed by atoms with Gasteiger partial charge in [-0.3, -0.25) is 4.79 Å². The third-order valence-corrected chi connectivity index (χ3v) is 3.77. The number of allylic oxidation sites excluding steroid dienone is 1. The number of primary amides is 1. The maximum Gasteiger partial charge on any atom is 0.246 e. The van der Waals surface area contributed by atoms with Crippen LogP contribution >= 0.6 is 0 Å². The lowest BCUT2D eigenvalue weighted by molar-refractivity contribution is -0.114. The highest BCUT2D eigenvalue weighted by atomic mass is 16.5. The van der Waals surface area contributed by atoms with Crippen molar-refractivity contribution in [2.24, 2.45) is 17.6 Å². The van der Waals surface area contributed by atoms with E-state index < -0.39 is 5.91 Å². The molecule has 2 rings (SSSR count). The van der Waals surface area contributed by atoms with Gasteiger partial charge in [0.1, 0.15) is 6.23 Å². The third-order valence-electron chi connectivity index (χ3n) is 3.77. The van der Waals surface area contributed by atoms with Gasteiger partial charge >= 0.3 is 0 Å². The Labute approximate surface area is 118 Å². The van der Waals surface area contributed by atoms with E-state index in [9.17, 15) is 9.90 Å². The van der Waals surface area contributed by atoms with Crippen molar-refractivity contribution in [2.45, 2.75) is 18.8 Å². The second-order valence-electron chi connectivity index (χ2n) is 4.93. The molecule has 0 aliphatic carbocycles. The summed E-state index contributed by atoms with van der Waals surface area (Å²) in [4.78, 5) is 13.1. The summed E-state index contributed by atoms with van der Waals surface area (Å²) in [5.41, 5.74) is 5.85. The normalized spacial score (nSPS) is 32.9. The Balaban J connectivity index is 2.25. The highest BCUT2D eigenvalue weighted by molar-refractivity contribution is 5.92. The number of hydrogen-bond acceptors (Lipinski definition) is 4. The van der Waals surface area contributed by atoms with Crippen molar-refractivity contribution in [3.8, 4) is 0 Å². The maximum absolute atomic E-state index is 11.3. The van der Waals surface area contributed by atoms with E-state index in [1.165, 1.54) is 0 Å². The molecular weight excluding hydrogens is 256 g/mol. The van der Waals surface area contributed by atoms with Gasteiger partial charge in [0.25, 0.3) is 0 Å². The van der Waals surface area contributed by atoms with E-state index in [4.69, 9.17) is 10.5 Å². The minimum atomic E-state index is -0.438. The van der Waals surface area contributed by atoms with Crippen LogP contribution in [0, 0.1) is 11.8 Å². The van der Waals surface area contributed by atoms with Crippen LogP contribution in [-0.4, -0.2) is 34.9 Å². The van der Waals surface area contributed by atoms with Crippen molar-refractivity contribution in [1.82, 2.24) is 4.90 Å². The first kappa shape index (κ1) is 14.6. The van der Waals surface area contributed by atoms with Gasteiger partial charge in [0, 0.05) is 29.8 Å². The molecule has 108 valence electrons. The second kappa shape index (κ2) is 6.07. The van der Waals surface area contributed by atoms with E-state index in [0.29, 0.717) is 12.0 Å². The molecule has 0 aromatic heterocycles. The monoisotopic (exact) mass is 276 g/mol. The van der Waals surface area contributed by atoms with Crippen molar-refractivity contribution in [2.75, 3.05) is 6.61 Å². The van der Waals surface area contributed by atoms with Crippen LogP contribution in [0.15, 0.2) is 49.4 Å². The summed E-state index contributed by atoms with van der Waals surface area (Å²) in [7, 11) is 0. The number of carbonyl (C=O) groups is 1. The number of amides is 1. The largest absolute Gasteiger partial charge is 0.394 e. The summed E-state index contributed by atoms with van der Waals surface area (Å²) >= 11 is 0. The molecule has 20 heavy (non-hydrogen) atoms. The minimum absolute atomic E-state index is 0.0109. The van der Waals surface area contributed by atoms with Crippen LogP contribution < -0.4 is 5.73 Å². The van der Waals surface area contributed by atoms with Crippen molar-refractivity contribution in [1.29, 1.82) is 0 Å². The Kier molecular flexibility index (Phi) is 4.42. The Morgan fingerprint density at radius 1 is 1.50 bits per heavy atom. The number of hydrogen-bond donors (Lipinski definition) is 2. The first-order valence-electron chi connectivity index (χ1n) is 6.58. The lowest BCUT2D eigenvalue weighted by Gasteiger charge is -2.30. The highest BCUT2D eigenvalue weighted by Gasteiger charge is 2.43. The fourth-order valence-electron chi connectivity index (χ4n) is 2.71. The third kappa shape index (κ3) is 2.55. The minimum Gasteiger partial charge on any atom is -0.394 e. The number of carbonyl (C=O) groups excluding carboxylic acids is 1. The molecule has 0 aromatic carbocycles. The lowest BCUT2D eigenvalue weighted by Crippen LogP contribution is -2.34. The Morgan fingerprint density at radius 2 is 2.20 bits per heavy atom. The maximum atomic E-state index is 11.3. The van der Waals surface area contributed by atoms with E-state index in [2.05, 4.69) is 13.2 Å². The number of aliphatic hydroxyl groups excluding tert-OH is 1. The molecule has 3 N–H and O–H groups in total. The number of rotatable bonds is 5. The van der Waals surface area contributed by atoms with Gasteiger partial charge in [-0.15, -0.1) is 13.2 Å². The molecule has 2 heterocycles. The zero-order chi connectivity index (χ0) is 14.7. The fourth-order valence-corrected chi connectivity index (χ4v) is 2.71. The van der Waals surface area contributed by atoms with E-state index in [-0.39, 0.29) is 30.8 Å². The highest BCUT2D eigenvalue weighted by Crippen LogP contribution is 2.37. The van der Waals surface area contributed by atoms with Crippen LogP contribution in [0.5, 0.6) is 0 Å². The van der Waals surface area contributed by atoms with Crippen molar-refractivity contribution < 1.29 is 14.6 Å². The first-order chi connectivity index (χ1) is 9.62. The van der Waals surface area contributed by atoms with Crippen LogP contribution in [0.3, 0.4) is 0 Å². The molecule has 0 aromatic rings. The van der Waals surface area contributed by atoms with E-state index in [1.807, 2.05) is 17.2 Å². The Morgan fingerprint density at radius 3 is 2.75 bits per heavy atom. The Bertz CT molecular complexity index is 470. The number of nitrogens with two attached hydrogens (primary N) is 1. The smallest absolute Gasteiger partial charge is 0.246 e. The Hall–Kier alpha value is -1.85. The quantitative estimate of drug-likeness (QED) is 0.731. The topological polar surface area (TPSA) is 75.8 Å². The van der Waals surface area contributed by atoms with Gasteiger partial charge in [0.05, 0.1) is 12.7 Å². The summed E-state index contributed by atoms with van der Waals surface area (Å²) in [6, 6.07) is 0. The molecule has 0 saturated carbocycles. The standard InChI is InChI=1S/C15H20N2O3/c1-3-11-12(4-2)15(20-13(11)9-18)17-7-5-6-10(8-17)14(16)19/h3-5,7-8,11-13,15,18H,1-2,6,9H2,(H2,16,19)/t11-,12+,13+,15+/m0/s1. The molecule has 1 saturated heterocycles. The molecule has 2 aliphatic heterocycles. The predicted molar refractivity (Wildman–Crippen MR) is 76.0 cm³/mol. The number of nitrogens with zero attached hydrogens (tertiary/aromatic N) is 1. The molecule has 0 unspecified atom stereocenters. The summed E-state index contributed by atoms with van der Waals surface area (Å²) in [6.07, 6.45) is 8.87. The van der Waals surface area contributed by atoms with E-state index in [0.717, 1.165) is 0 Å². The van der Waals surface area contributed by atoms with Gasteiger partial charge in [-0.05, 0) is 6.42 Å². The fraction of sp³-hybridized carbons (Fsp3) is 0.400. The van der Waals surface area contributed by atoms with Gasteiger partial charge in [-0.2, -0.15) is 0 Å². The molecule has 2 aliphatic rings. The molecule has 1 amide bonds. The van der Waals surface area contributed by atoms with Gasteiger partial charge < -0.3 is 20.5 Å². The molecule has 5 nitrogen and oxygen atoms in total. The van der Waals surface area contributed by atoms with Gasteiger partial charge in [0.2, 0.25) is 5.91 Å². The van der Waals surface area contributed by atoms with Crippen LogP contribution in [0.25, 0.3) is 0 Å². The predicted octanol–water partition coefficient (Wildman–Crippen LogP) is 0.897. The summed E-state index contributed by atoms with van der Waals surface area (Å²) in [6.45, 7) is 7.55. The van der Waals surface area contributed by atoms with Crippen molar-refractivity contribution >= 4 is 5.91 Å². The summed E-state index contributed by atoms with van der Waals surface area (Å²) in [5.74, 6) is -0.465. The van der Waals surface area contributed by atoms with Crippen molar-refractivity contribution in [3.63, 3.8) is 0 Å². The number of ether oxygens (including phenoxy) is 1. The van der Waals surface area contributed by atoms with Crippen LogP contribution in [0.4, 0.5) is 0 Å². The summed E-state index contributed by atoms with van der Waals surface area (Å²) < 4.78 is 5.87. The second-order valence-corrected chi connectivity index (χ2v) is 4.93.